The monoisotopic (exact) mass is 510 g/mol. The summed E-state index contributed by atoms with van der Waals surface area (Å²) in [7, 11) is 3.05. The number of benzene rings is 2. The number of nitrogens with one attached hydrogen (secondary N) is 3. The van der Waals surface area contributed by atoms with Crippen LogP contribution < -0.4 is 20.7 Å². The fraction of sp³-hybridized carbons (Fsp3) is 0.238. The molecule has 8 heteroatoms. The third-order valence-electron chi connectivity index (χ3n) is 3.84. The Morgan fingerprint density at radius 2 is 1.79 bits per heavy atom. The van der Waals surface area contributed by atoms with E-state index in [4.69, 9.17) is 4.74 Å². The largest absolute Gasteiger partial charge is 0.489 e. The van der Waals surface area contributed by atoms with Gasteiger partial charge in [-0.15, -0.1) is 24.0 Å². The van der Waals surface area contributed by atoms with Gasteiger partial charge in [0, 0.05) is 31.4 Å². The van der Waals surface area contributed by atoms with Gasteiger partial charge >= 0.3 is 6.09 Å². The van der Waals surface area contributed by atoms with Gasteiger partial charge in [0.2, 0.25) is 0 Å². The summed E-state index contributed by atoms with van der Waals surface area (Å²) in [5.74, 6) is 1.49. The third-order valence-corrected chi connectivity index (χ3v) is 3.84. The fourth-order valence-electron chi connectivity index (χ4n) is 2.40. The van der Waals surface area contributed by atoms with E-state index in [1.807, 2.05) is 48.5 Å². The van der Waals surface area contributed by atoms with Crippen LogP contribution in [0, 0.1) is 0 Å². The van der Waals surface area contributed by atoms with Crippen LogP contribution in [0.5, 0.6) is 5.75 Å². The Kier molecular flexibility index (Phi) is 11.2. The molecule has 0 saturated heterocycles. The topological polar surface area (TPSA) is 84.0 Å². The minimum Gasteiger partial charge on any atom is -0.489 e. The number of nitrogens with zero attached hydrogens (tertiary/aromatic N) is 1. The number of para-hydroxylation sites is 1. The van der Waals surface area contributed by atoms with Gasteiger partial charge in [0.05, 0.1) is 7.11 Å². The van der Waals surface area contributed by atoms with Gasteiger partial charge in [-0.1, -0.05) is 43.0 Å². The zero-order valence-electron chi connectivity index (χ0n) is 16.6. The van der Waals surface area contributed by atoms with Crippen molar-refractivity contribution in [2.24, 2.45) is 4.99 Å². The van der Waals surface area contributed by atoms with Crippen molar-refractivity contribution in [3.05, 3.63) is 72.3 Å². The van der Waals surface area contributed by atoms with Crippen LogP contribution >= 0.6 is 24.0 Å². The second kappa shape index (κ2) is 13.4. The van der Waals surface area contributed by atoms with Crippen molar-refractivity contribution in [1.29, 1.82) is 0 Å². The first-order chi connectivity index (χ1) is 13.7. The van der Waals surface area contributed by atoms with Crippen LogP contribution in [0.4, 0.5) is 10.5 Å². The molecule has 29 heavy (non-hydrogen) atoms. The van der Waals surface area contributed by atoms with Crippen molar-refractivity contribution in [2.45, 2.75) is 13.1 Å². The molecule has 0 aliphatic rings. The molecule has 2 aromatic carbocycles. The van der Waals surface area contributed by atoms with Crippen LogP contribution in [0.1, 0.15) is 11.1 Å². The SMILES string of the molecule is C=CCOc1ccccc1CNC(=NC)NCc1ccc(NC(=O)OC)cc1.I. The lowest BCUT2D eigenvalue weighted by Gasteiger charge is -2.14. The van der Waals surface area contributed by atoms with E-state index in [1.165, 1.54) is 7.11 Å². The van der Waals surface area contributed by atoms with E-state index in [-0.39, 0.29) is 24.0 Å². The Bertz CT molecular complexity index is 810. The van der Waals surface area contributed by atoms with E-state index in [0.29, 0.717) is 31.3 Å². The van der Waals surface area contributed by atoms with Crippen LogP contribution in [-0.4, -0.2) is 32.8 Å². The number of guanidine groups is 1. The first kappa shape index (κ1) is 24.3. The van der Waals surface area contributed by atoms with E-state index in [1.54, 1.807) is 13.1 Å². The molecule has 0 unspecified atom stereocenters. The Hall–Kier alpha value is -2.75. The zero-order valence-corrected chi connectivity index (χ0v) is 18.9. The number of hydrogen-bond acceptors (Lipinski definition) is 4. The van der Waals surface area contributed by atoms with E-state index in [2.05, 4.69) is 32.3 Å². The molecule has 2 aromatic rings. The van der Waals surface area contributed by atoms with Crippen LogP contribution in [-0.2, 0) is 17.8 Å². The Labute approximate surface area is 188 Å². The summed E-state index contributed by atoms with van der Waals surface area (Å²) >= 11 is 0. The molecule has 3 N–H and O–H groups in total. The van der Waals surface area contributed by atoms with E-state index < -0.39 is 6.09 Å². The van der Waals surface area contributed by atoms with Gasteiger partial charge in [0.15, 0.2) is 5.96 Å². The van der Waals surface area contributed by atoms with E-state index in [9.17, 15) is 4.79 Å². The molecule has 0 aliphatic heterocycles. The molecule has 0 saturated carbocycles. The molecule has 0 atom stereocenters. The normalized spacial score (nSPS) is 10.3. The lowest BCUT2D eigenvalue weighted by atomic mass is 10.2. The van der Waals surface area contributed by atoms with Crippen molar-refractivity contribution in [2.75, 3.05) is 26.1 Å². The van der Waals surface area contributed by atoms with Gasteiger partial charge < -0.3 is 20.1 Å². The first-order valence-corrected chi connectivity index (χ1v) is 8.86. The van der Waals surface area contributed by atoms with Gasteiger partial charge in [-0.05, 0) is 23.8 Å². The summed E-state index contributed by atoms with van der Waals surface area (Å²) in [4.78, 5) is 15.4. The Balaban J connectivity index is 0.00000420. The number of carbonyl (C=O) groups is 1. The smallest absolute Gasteiger partial charge is 0.411 e. The van der Waals surface area contributed by atoms with Crippen LogP contribution in [0.25, 0.3) is 0 Å². The Morgan fingerprint density at radius 1 is 1.10 bits per heavy atom. The zero-order chi connectivity index (χ0) is 20.2. The standard InChI is InChI=1S/C21H26N4O3.HI/c1-4-13-28-19-8-6-5-7-17(19)15-24-20(22-2)23-14-16-9-11-18(12-10-16)25-21(26)27-3;/h4-12H,1,13-15H2,2-3H3,(H,25,26)(H2,22,23,24);1H. The molecule has 0 spiro atoms. The lowest BCUT2D eigenvalue weighted by molar-refractivity contribution is 0.187. The fourth-order valence-corrected chi connectivity index (χ4v) is 2.40. The second-order valence-corrected chi connectivity index (χ2v) is 5.80. The molecule has 0 fully saturated rings. The number of rotatable bonds is 8. The maximum absolute atomic E-state index is 11.2. The number of halogens is 1. The summed E-state index contributed by atoms with van der Waals surface area (Å²) in [5, 5.41) is 9.15. The molecule has 0 bridgehead atoms. The number of amides is 1. The van der Waals surface area contributed by atoms with Crippen LogP contribution in [0.2, 0.25) is 0 Å². The molecule has 0 aliphatic carbocycles. The number of carbonyl (C=O) groups excluding carboxylic acids is 1. The maximum Gasteiger partial charge on any atom is 0.411 e. The summed E-state index contributed by atoms with van der Waals surface area (Å²) in [6, 6.07) is 15.3. The predicted molar refractivity (Wildman–Crippen MR) is 127 cm³/mol. The minimum absolute atomic E-state index is 0. The number of ether oxygens (including phenoxy) is 2. The molecule has 0 heterocycles. The molecular weight excluding hydrogens is 483 g/mol. The van der Waals surface area contributed by atoms with Crippen molar-refractivity contribution in [3.8, 4) is 5.75 Å². The van der Waals surface area contributed by atoms with Crippen molar-refractivity contribution < 1.29 is 14.3 Å². The molecule has 0 radical (unpaired) electrons. The molecule has 7 nitrogen and oxygen atoms in total. The second-order valence-electron chi connectivity index (χ2n) is 5.80. The molecular formula is C21H27IN4O3. The van der Waals surface area contributed by atoms with E-state index in [0.717, 1.165) is 16.9 Å². The highest BCUT2D eigenvalue weighted by Gasteiger charge is 2.05. The molecule has 156 valence electrons. The number of anilines is 1. The van der Waals surface area contributed by atoms with Crippen molar-refractivity contribution in [1.82, 2.24) is 10.6 Å². The minimum atomic E-state index is -0.493. The molecule has 0 aromatic heterocycles. The lowest BCUT2D eigenvalue weighted by Crippen LogP contribution is -2.36. The summed E-state index contributed by atoms with van der Waals surface area (Å²) in [5.41, 5.74) is 2.76. The van der Waals surface area contributed by atoms with Gasteiger partial charge in [-0.25, -0.2) is 4.79 Å². The van der Waals surface area contributed by atoms with Crippen molar-refractivity contribution in [3.63, 3.8) is 0 Å². The highest BCUT2D eigenvalue weighted by molar-refractivity contribution is 14.0. The average molecular weight is 510 g/mol. The van der Waals surface area contributed by atoms with Gasteiger partial charge in [-0.2, -0.15) is 0 Å². The first-order valence-electron chi connectivity index (χ1n) is 8.86. The predicted octanol–water partition coefficient (Wildman–Crippen LogP) is 3.91. The van der Waals surface area contributed by atoms with Crippen LogP contribution in [0.15, 0.2) is 66.2 Å². The van der Waals surface area contributed by atoms with Gasteiger partial charge in [-0.3, -0.25) is 10.3 Å². The Morgan fingerprint density at radius 3 is 2.45 bits per heavy atom. The van der Waals surface area contributed by atoms with Crippen LogP contribution in [0.3, 0.4) is 0 Å². The number of methoxy groups -OCH3 is 1. The van der Waals surface area contributed by atoms with E-state index >= 15 is 0 Å². The molecule has 2 rings (SSSR count). The van der Waals surface area contributed by atoms with Gasteiger partial charge in [0.1, 0.15) is 12.4 Å². The maximum atomic E-state index is 11.2. The highest BCUT2D eigenvalue weighted by atomic mass is 127. The number of hydrogen-bond donors (Lipinski definition) is 3. The third kappa shape index (κ3) is 8.43. The van der Waals surface area contributed by atoms with Gasteiger partial charge in [0.25, 0.3) is 0 Å². The average Bonchev–Trinajstić information content (AvgIpc) is 2.74. The number of aliphatic imine (C=N–C) groups is 1. The summed E-state index contributed by atoms with van der Waals surface area (Å²) in [6.45, 7) is 5.30. The molecule has 1 amide bonds. The summed E-state index contributed by atoms with van der Waals surface area (Å²) in [6.07, 6.45) is 1.23. The quantitative estimate of drug-likeness (QED) is 0.217. The summed E-state index contributed by atoms with van der Waals surface area (Å²) < 4.78 is 10.2. The highest BCUT2D eigenvalue weighted by Crippen LogP contribution is 2.17. The van der Waals surface area contributed by atoms with Crippen molar-refractivity contribution >= 4 is 41.7 Å².